The Labute approximate surface area is 108 Å². The van der Waals surface area contributed by atoms with E-state index in [1.54, 1.807) is 0 Å². The zero-order valence-corrected chi connectivity index (χ0v) is 12.6. The van der Waals surface area contributed by atoms with E-state index in [9.17, 15) is 0 Å². The molecule has 1 N–H and O–H groups in total. The van der Waals surface area contributed by atoms with Gasteiger partial charge in [-0.3, -0.25) is 0 Å². The molecule has 1 rings (SSSR count). The van der Waals surface area contributed by atoms with E-state index < -0.39 is 0 Å². The first-order valence-corrected chi connectivity index (χ1v) is 7.54. The summed E-state index contributed by atoms with van der Waals surface area (Å²) in [6.45, 7) is 15.3. The van der Waals surface area contributed by atoms with Crippen molar-refractivity contribution < 1.29 is 0 Å². The van der Waals surface area contributed by atoms with E-state index in [1.807, 2.05) is 0 Å². The van der Waals surface area contributed by atoms with Crippen molar-refractivity contribution in [3.05, 3.63) is 0 Å². The maximum Gasteiger partial charge on any atom is 0.00818 e. The fourth-order valence-corrected chi connectivity index (χ4v) is 3.27. The third-order valence-corrected chi connectivity index (χ3v) is 4.84. The van der Waals surface area contributed by atoms with Crippen molar-refractivity contribution in [2.24, 2.45) is 5.41 Å². The molecule has 2 heteroatoms. The van der Waals surface area contributed by atoms with E-state index in [0.717, 1.165) is 12.6 Å². The van der Waals surface area contributed by atoms with Crippen LogP contribution >= 0.6 is 0 Å². The van der Waals surface area contributed by atoms with Gasteiger partial charge < -0.3 is 10.2 Å². The highest BCUT2D eigenvalue weighted by molar-refractivity contribution is 4.90. The lowest BCUT2D eigenvalue weighted by Gasteiger charge is -2.30. The lowest BCUT2D eigenvalue weighted by molar-refractivity contribution is 0.188. The molecule has 1 aliphatic rings. The molecule has 0 aromatic carbocycles. The standard InChI is InChI=1S/C15H32N2/c1-6-15(7-2)9-10-17(12-15)14(5)11-13(4)16-8-3/h13-14,16H,6-12H2,1-5H3. The number of rotatable bonds is 7. The predicted octanol–water partition coefficient (Wildman–Crippen LogP) is 3.28. The molecule has 1 aliphatic heterocycles. The summed E-state index contributed by atoms with van der Waals surface area (Å²) in [5, 5.41) is 3.52. The summed E-state index contributed by atoms with van der Waals surface area (Å²) in [4.78, 5) is 2.71. The van der Waals surface area contributed by atoms with Crippen LogP contribution in [0.15, 0.2) is 0 Å². The largest absolute Gasteiger partial charge is 0.314 e. The molecule has 0 spiro atoms. The normalized spacial score (nSPS) is 23.8. The zero-order chi connectivity index (χ0) is 12.9. The second-order valence-electron chi connectivity index (χ2n) is 5.97. The average Bonchev–Trinajstić information content (AvgIpc) is 2.74. The first-order chi connectivity index (χ1) is 8.06. The van der Waals surface area contributed by atoms with E-state index >= 15 is 0 Å². The Balaban J connectivity index is 2.42. The highest BCUT2D eigenvalue weighted by Crippen LogP contribution is 2.38. The van der Waals surface area contributed by atoms with Crippen LogP contribution in [0.5, 0.6) is 0 Å². The molecule has 0 aromatic heterocycles. The fourth-order valence-electron chi connectivity index (χ4n) is 3.27. The van der Waals surface area contributed by atoms with Gasteiger partial charge in [0.15, 0.2) is 0 Å². The number of nitrogens with zero attached hydrogens (tertiary/aromatic N) is 1. The summed E-state index contributed by atoms with van der Waals surface area (Å²) in [5.74, 6) is 0. The van der Waals surface area contributed by atoms with Gasteiger partial charge in [-0.2, -0.15) is 0 Å². The Morgan fingerprint density at radius 3 is 2.29 bits per heavy atom. The van der Waals surface area contributed by atoms with Gasteiger partial charge in [0.1, 0.15) is 0 Å². The topological polar surface area (TPSA) is 15.3 Å². The van der Waals surface area contributed by atoms with Crippen LogP contribution in [0.1, 0.15) is 60.3 Å². The fraction of sp³-hybridized carbons (Fsp3) is 1.00. The Bertz CT molecular complexity index is 211. The maximum atomic E-state index is 3.52. The molecular formula is C15H32N2. The van der Waals surface area contributed by atoms with Crippen LogP contribution in [-0.2, 0) is 0 Å². The molecule has 102 valence electrons. The van der Waals surface area contributed by atoms with Gasteiger partial charge in [0.05, 0.1) is 0 Å². The van der Waals surface area contributed by atoms with Crippen LogP contribution in [0.25, 0.3) is 0 Å². The minimum Gasteiger partial charge on any atom is -0.314 e. The third-order valence-electron chi connectivity index (χ3n) is 4.84. The van der Waals surface area contributed by atoms with E-state index in [2.05, 4.69) is 44.8 Å². The predicted molar refractivity (Wildman–Crippen MR) is 76.4 cm³/mol. The van der Waals surface area contributed by atoms with Crippen LogP contribution in [0.2, 0.25) is 0 Å². The summed E-state index contributed by atoms with van der Waals surface area (Å²) in [6, 6.07) is 1.37. The lowest BCUT2D eigenvalue weighted by Crippen LogP contribution is -2.38. The van der Waals surface area contributed by atoms with Crippen molar-refractivity contribution in [2.75, 3.05) is 19.6 Å². The van der Waals surface area contributed by atoms with E-state index in [1.165, 1.54) is 38.8 Å². The second-order valence-corrected chi connectivity index (χ2v) is 5.97. The first kappa shape index (κ1) is 15.0. The van der Waals surface area contributed by atoms with E-state index in [4.69, 9.17) is 0 Å². The molecule has 0 amide bonds. The molecule has 1 saturated heterocycles. The molecular weight excluding hydrogens is 208 g/mol. The van der Waals surface area contributed by atoms with Crippen molar-refractivity contribution in [3.8, 4) is 0 Å². The van der Waals surface area contributed by atoms with Gasteiger partial charge >= 0.3 is 0 Å². The van der Waals surface area contributed by atoms with Crippen molar-refractivity contribution >= 4 is 0 Å². The van der Waals surface area contributed by atoms with Gasteiger partial charge in [-0.25, -0.2) is 0 Å². The maximum absolute atomic E-state index is 3.52. The summed E-state index contributed by atoms with van der Waals surface area (Å²) in [5.41, 5.74) is 0.621. The quantitative estimate of drug-likeness (QED) is 0.735. The molecule has 2 unspecified atom stereocenters. The smallest absolute Gasteiger partial charge is 0.00818 e. The second kappa shape index (κ2) is 6.75. The molecule has 1 heterocycles. The number of hydrogen-bond acceptors (Lipinski definition) is 2. The summed E-state index contributed by atoms with van der Waals surface area (Å²) in [6.07, 6.45) is 5.36. The molecule has 2 nitrogen and oxygen atoms in total. The summed E-state index contributed by atoms with van der Waals surface area (Å²) in [7, 11) is 0. The van der Waals surface area contributed by atoms with Crippen LogP contribution in [0, 0.1) is 5.41 Å². The SMILES string of the molecule is CCNC(C)CC(C)N1CCC(CC)(CC)C1. The van der Waals surface area contributed by atoms with Crippen molar-refractivity contribution in [1.29, 1.82) is 0 Å². The van der Waals surface area contributed by atoms with Gasteiger partial charge in [-0.15, -0.1) is 0 Å². The van der Waals surface area contributed by atoms with Gasteiger partial charge in [-0.05, 0) is 58.0 Å². The first-order valence-electron chi connectivity index (χ1n) is 7.54. The summed E-state index contributed by atoms with van der Waals surface area (Å²) >= 11 is 0. The average molecular weight is 240 g/mol. The molecule has 0 bridgehead atoms. The van der Waals surface area contributed by atoms with E-state index in [0.29, 0.717) is 11.5 Å². The monoisotopic (exact) mass is 240 g/mol. The molecule has 17 heavy (non-hydrogen) atoms. The van der Waals surface area contributed by atoms with Crippen LogP contribution < -0.4 is 5.32 Å². The van der Waals surface area contributed by atoms with Crippen molar-refractivity contribution in [1.82, 2.24) is 10.2 Å². The van der Waals surface area contributed by atoms with Gasteiger partial charge in [0.2, 0.25) is 0 Å². The highest BCUT2D eigenvalue weighted by Gasteiger charge is 2.36. The third kappa shape index (κ3) is 3.96. The Hall–Kier alpha value is -0.0800. The highest BCUT2D eigenvalue weighted by atomic mass is 15.2. The Morgan fingerprint density at radius 1 is 1.18 bits per heavy atom. The zero-order valence-electron chi connectivity index (χ0n) is 12.6. The molecule has 0 aromatic rings. The van der Waals surface area contributed by atoms with Crippen LogP contribution in [-0.4, -0.2) is 36.6 Å². The molecule has 0 radical (unpaired) electrons. The molecule has 0 saturated carbocycles. The van der Waals surface area contributed by atoms with Gasteiger partial charge in [0.25, 0.3) is 0 Å². The Kier molecular flexibility index (Phi) is 5.94. The number of hydrogen-bond donors (Lipinski definition) is 1. The van der Waals surface area contributed by atoms with E-state index in [-0.39, 0.29) is 0 Å². The number of likely N-dealkylation sites (tertiary alicyclic amines) is 1. The Morgan fingerprint density at radius 2 is 1.82 bits per heavy atom. The minimum atomic E-state index is 0.621. The molecule has 0 aliphatic carbocycles. The van der Waals surface area contributed by atoms with Crippen molar-refractivity contribution in [2.45, 2.75) is 72.4 Å². The van der Waals surface area contributed by atoms with Crippen molar-refractivity contribution in [3.63, 3.8) is 0 Å². The van der Waals surface area contributed by atoms with Crippen LogP contribution in [0.3, 0.4) is 0 Å². The summed E-state index contributed by atoms with van der Waals surface area (Å²) < 4.78 is 0. The number of nitrogens with one attached hydrogen (secondary N) is 1. The minimum absolute atomic E-state index is 0.621. The van der Waals surface area contributed by atoms with Gasteiger partial charge in [-0.1, -0.05) is 20.8 Å². The lowest BCUT2D eigenvalue weighted by atomic mass is 9.82. The van der Waals surface area contributed by atoms with Crippen LogP contribution in [0.4, 0.5) is 0 Å². The van der Waals surface area contributed by atoms with Gasteiger partial charge in [0, 0.05) is 18.6 Å². The molecule has 2 atom stereocenters. The molecule has 1 fully saturated rings.